The molecule has 0 aliphatic heterocycles. The number of ether oxygens (including phenoxy) is 1. The first-order valence-electron chi connectivity index (χ1n) is 9.89. The summed E-state index contributed by atoms with van der Waals surface area (Å²) >= 11 is 1.44. The number of rotatable bonds is 5. The van der Waals surface area contributed by atoms with E-state index >= 15 is 0 Å². The summed E-state index contributed by atoms with van der Waals surface area (Å²) in [6.07, 6.45) is 8.41. The van der Waals surface area contributed by atoms with Crippen molar-refractivity contribution in [3.05, 3.63) is 28.2 Å². The van der Waals surface area contributed by atoms with E-state index in [9.17, 15) is 19.5 Å². The molecule has 150 valence electrons. The maximum absolute atomic E-state index is 13.1. The fourth-order valence-corrected chi connectivity index (χ4v) is 6.47. The molecule has 0 saturated heterocycles. The molecule has 1 saturated carbocycles. The van der Waals surface area contributed by atoms with E-state index in [4.69, 9.17) is 4.74 Å². The standard InChI is InChI=1S/C21H25NO5S/c1-3-10-4-7-13-14(8-10)28-19(17(13)21(26)27-2)22-18(23)15-11-5-6-12(9-11)16(15)20(24)25/h5-6,10-12,15-16H,3-4,7-9H2,1-2H3,(H,22,23)(H,24,25)/t10-,11-,12+,15+,16+/m1/s1. The highest BCUT2D eigenvalue weighted by atomic mass is 32.1. The second kappa shape index (κ2) is 7.35. The molecule has 6 nitrogen and oxygen atoms in total. The SMILES string of the molecule is CC[C@@H]1CCc2c(sc(NC(=O)[C@@H]3[C@@H](C(=O)O)[C@H]4C=C[C@@H]3C4)c2C(=O)OC)C1. The van der Waals surface area contributed by atoms with Crippen molar-refractivity contribution in [2.75, 3.05) is 12.4 Å². The Morgan fingerprint density at radius 1 is 1.25 bits per heavy atom. The molecular weight excluding hydrogens is 378 g/mol. The molecule has 2 N–H and O–H groups in total. The molecule has 0 aromatic carbocycles. The Labute approximate surface area is 168 Å². The van der Waals surface area contributed by atoms with Crippen LogP contribution in [-0.2, 0) is 27.2 Å². The summed E-state index contributed by atoms with van der Waals surface area (Å²) in [4.78, 5) is 38.4. The molecule has 1 aromatic heterocycles. The number of carbonyl (C=O) groups is 3. The normalized spacial score (nSPS) is 30.1. The number of carboxylic acids is 1. The number of esters is 1. The lowest BCUT2D eigenvalue weighted by Gasteiger charge is -2.23. The average molecular weight is 404 g/mol. The van der Waals surface area contributed by atoms with Gasteiger partial charge in [0.15, 0.2) is 0 Å². The summed E-state index contributed by atoms with van der Waals surface area (Å²) in [6.45, 7) is 2.17. The van der Waals surface area contributed by atoms with Gasteiger partial charge in [-0.15, -0.1) is 11.3 Å². The maximum atomic E-state index is 13.1. The molecule has 0 unspecified atom stereocenters. The predicted molar refractivity (Wildman–Crippen MR) is 105 cm³/mol. The van der Waals surface area contributed by atoms with Crippen LogP contribution in [0.3, 0.4) is 0 Å². The van der Waals surface area contributed by atoms with Crippen LogP contribution in [0.25, 0.3) is 0 Å². The third kappa shape index (κ3) is 3.05. The Morgan fingerprint density at radius 3 is 2.61 bits per heavy atom. The van der Waals surface area contributed by atoms with Crippen molar-refractivity contribution in [3.63, 3.8) is 0 Å². The van der Waals surface area contributed by atoms with E-state index in [0.717, 1.165) is 36.1 Å². The molecule has 3 aliphatic carbocycles. The molecule has 1 heterocycles. The van der Waals surface area contributed by atoms with Gasteiger partial charge in [0, 0.05) is 4.88 Å². The van der Waals surface area contributed by atoms with Gasteiger partial charge in [0.05, 0.1) is 24.5 Å². The Hall–Kier alpha value is -2.15. The quantitative estimate of drug-likeness (QED) is 0.580. The molecule has 0 radical (unpaired) electrons. The third-order valence-corrected chi connectivity index (χ3v) is 7.79. The minimum Gasteiger partial charge on any atom is -0.481 e. The first kappa shape index (κ1) is 19.2. The number of hydrogen-bond donors (Lipinski definition) is 2. The lowest BCUT2D eigenvalue weighted by molar-refractivity contribution is -0.146. The largest absolute Gasteiger partial charge is 0.481 e. The van der Waals surface area contributed by atoms with Crippen LogP contribution in [0.15, 0.2) is 12.2 Å². The number of nitrogens with one attached hydrogen (secondary N) is 1. The lowest BCUT2D eigenvalue weighted by atomic mass is 9.82. The zero-order chi connectivity index (χ0) is 20.0. The van der Waals surface area contributed by atoms with Crippen molar-refractivity contribution in [3.8, 4) is 0 Å². The summed E-state index contributed by atoms with van der Waals surface area (Å²) < 4.78 is 4.98. The van der Waals surface area contributed by atoms with Gasteiger partial charge in [-0.3, -0.25) is 9.59 Å². The maximum Gasteiger partial charge on any atom is 0.341 e. The van der Waals surface area contributed by atoms with Gasteiger partial charge in [-0.1, -0.05) is 25.5 Å². The van der Waals surface area contributed by atoms with Gasteiger partial charge in [-0.25, -0.2) is 4.79 Å². The van der Waals surface area contributed by atoms with Gasteiger partial charge in [0.2, 0.25) is 5.91 Å². The van der Waals surface area contributed by atoms with Gasteiger partial charge in [-0.2, -0.15) is 0 Å². The van der Waals surface area contributed by atoms with Crippen LogP contribution < -0.4 is 5.32 Å². The Balaban J connectivity index is 1.63. The number of amides is 1. The van der Waals surface area contributed by atoms with Crippen LogP contribution in [0.4, 0.5) is 5.00 Å². The Kier molecular flexibility index (Phi) is 5.04. The molecule has 1 fully saturated rings. The van der Waals surface area contributed by atoms with Crippen LogP contribution in [0.2, 0.25) is 0 Å². The molecule has 1 amide bonds. The zero-order valence-corrected chi connectivity index (χ0v) is 16.9. The summed E-state index contributed by atoms with van der Waals surface area (Å²) in [5.41, 5.74) is 1.44. The van der Waals surface area contributed by atoms with Crippen molar-refractivity contribution < 1.29 is 24.2 Å². The predicted octanol–water partition coefficient (Wildman–Crippen LogP) is 3.51. The van der Waals surface area contributed by atoms with Crippen molar-refractivity contribution in [1.29, 1.82) is 0 Å². The number of allylic oxidation sites excluding steroid dienone is 2. The number of methoxy groups -OCH3 is 1. The molecular formula is C21H25NO5S. The number of hydrogen-bond acceptors (Lipinski definition) is 5. The fraction of sp³-hybridized carbons (Fsp3) is 0.571. The second-order valence-electron chi connectivity index (χ2n) is 8.04. The summed E-state index contributed by atoms with van der Waals surface area (Å²) in [6, 6.07) is 0. The van der Waals surface area contributed by atoms with Crippen LogP contribution in [-0.4, -0.2) is 30.1 Å². The number of fused-ring (bicyclic) bond motifs is 3. The summed E-state index contributed by atoms with van der Waals surface area (Å²) in [5.74, 6) is -2.51. The van der Waals surface area contributed by atoms with Crippen LogP contribution in [0, 0.1) is 29.6 Å². The smallest absolute Gasteiger partial charge is 0.341 e. The van der Waals surface area contributed by atoms with Crippen LogP contribution in [0.1, 0.15) is 47.0 Å². The van der Waals surface area contributed by atoms with Gasteiger partial charge in [0.25, 0.3) is 0 Å². The van der Waals surface area contributed by atoms with E-state index in [1.54, 1.807) is 0 Å². The van der Waals surface area contributed by atoms with Crippen molar-refractivity contribution in [2.45, 2.75) is 39.0 Å². The molecule has 0 spiro atoms. The highest BCUT2D eigenvalue weighted by Crippen LogP contribution is 2.49. The monoisotopic (exact) mass is 403 g/mol. The topological polar surface area (TPSA) is 92.7 Å². The lowest BCUT2D eigenvalue weighted by Crippen LogP contribution is -2.36. The van der Waals surface area contributed by atoms with Gasteiger partial charge in [0.1, 0.15) is 5.00 Å². The number of thiophene rings is 1. The molecule has 5 atom stereocenters. The highest BCUT2D eigenvalue weighted by Gasteiger charge is 2.51. The van der Waals surface area contributed by atoms with E-state index in [2.05, 4.69) is 12.2 Å². The fourth-order valence-electron chi connectivity index (χ4n) is 5.12. The van der Waals surface area contributed by atoms with E-state index in [0.29, 0.717) is 22.9 Å². The van der Waals surface area contributed by atoms with Crippen molar-refractivity contribution >= 4 is 34.2 Å². The van der Waals surface area contributed by atoms with Gasteiger partial charge < -0.3 is 15.2 Å². The number of carboxylic acid groups (broad SMARTS) is 1. The molecule has 1 aromatic rings. The average Bonchev–Trinajstić information content (AvgIpc) is 3.38. The molecule has 3 aliphatic rings. The number of carbonyl (C=O) groups excluding carboxylic acids is 2. The molecule has 2 bridgehead atoms. The van der Waals surface area contributed by atoms with Crippen molar-refractivity contribution in [2.24, 2.45) is 29.6 Å². The third-order valence-electron chi connectivity index (χ3n) is 6.62. The minimum absolute atomic E-state index is 0.0493. The Bertz CT molecular complexity index is 857. The Morgan fingerprint density at radius 2 is 1.96 bits per heavy atom. The number of anilines is 1. The minimum atomic E-state index is -0.929. The van der Waals surface area contributed by atoms with Gasteiger partial charge >= 0.3 is 11.9 Å². The first-order chi connectivity index (χ1) is 13.4. The van der Waals surface area contributed by atoms with E-state index < -0.39 is 23.8 Å². The molecule has 28 heavy (non-hydrogen) atoms. The van der Waals surface area contributed by atoms with Crippen LogP contribution in [0.5, 0.6) is 0 Å². The first-order valence-corrected chi connectivity index (χ1v) is 10.7. The summed E-state index contributed by atoms with van der Waals surface area (Å²) in [7, 11) is 1.34. The van der Waals surface area contributed by atoms with Gasteiger partial charge in [-0.05, 0) is 49.0 Å². The highest BCUT2D eigenvalue weighted by molar-refractivity contribution is 7.17. The zero-order valence-electron chi connectivity index (χ0n) is 16.1. The van der Waals surface area contributed by atoms with E-state index in [-0.39, 0.29) is 17.7 Å². The van der Waals surface area contributed by atoms with Crippen molar-refractivity contribution in [1.82, 2.24) is 0 Å². The van der Waals surface area contributed by atoms with E-state index in [1.165, 1.54) is 18.4 Å². The second-order valence-corrected chi connectivity index (χ2v) is 9.15. The van der Waals surface area contributed by atoms with Crippen LogP contribution >= 0.6 is 11.3 Å². The van der Waals surface area contributed by atoms with E-state index in [1.807, 2.05) is 12.2 Å². The number of aliphatic carboxylic acids is 1. The summed E-state index contributed by atoms with van der Waals surface area (Å²) in [5, 5.41) is 13.0. The molecule has 4 rings (SSSR count). The molecule has 7 heteroatoms.